The number of hydrogen-bond donors (Lipinski definition) is 2. The maximum absolute atomic E-state index is 12.5. The normalized spacial score (nSPS) is 15.4. The number of rotatable bonds is 6. The first-order chi connectivity index (χ1) is 14.5. The van der Waals surface area contributed by atoms with E-state index in [1.54, 1.807) is 6.08 Å². The van der Waals surface area contributed by atoms with Crippen LogP contribution in [0.2, 0.25) is 5.02 Å². The quantitative estimate of drug-likeness (QED) is 0.563. The smallest absolute Gasteiger partial charge is 0.294 e. The van der Waals surface area contributed by atoms with E-state index >= 15 is 0 Å². The van der Waals surface area contributed by atoms with Gasteiger partial charge in [0, 0.05) is 28.7 Å². The Hall–Kier alpha value is -3.03. The van der Waals surface area contributed by atoms with Crippen LogP contribution < -0.4 is 5.32 Å². The molecular formula is C22H18ClN3O3S. The maximum Gasteiger partial charge on any atom is 0.294 e. The summed E-state index contributed by atoms with van der Waals surface area (Å²) in [5, 5.41) is 3.99. The van der Waals surface area contributed by atoms with Gasteiger partial charge in [-0.05, 0) is 53.6 Å². The van der Waals surface area contributed by atoms with Crippen LogP contribution in [0.1, 0.15) is 11.1 Å². The van der Waals surface area contributed by atoms with Gasteiger partial charge in [0.05, 0.1) is 4.91 Å². The highest BCUT2D eigenvalue weighted by molar-refractivity contribution is 8.18. The molecule has 6 nitrogen and oxygen atoms in total. The number of H-pyrrole nitrogens is 1. The van der Waals surface area contributed by atoms with E-state index in [2.05, 4.69) is 10.3 Å². The van der Waals surface area contributed by atoms with Gasteiger partial charge >= 0.3 is 0 Å². The Morgan fingerprint density at radius 1 is 1.17 bits per heavy atom. The molecule has 1 aromatic heterocycles. The summed E-state index contributed by atoms with van der Waals surface area (Å²) in [7, 11) is 0. The summed E-state index contributed by atoms with van der Waals surface area (Å²) in [6.07, 6.45) is 4.14. The Bertz CT molecular complexity index is 1160. The zero-order chi connectivity index (χ0) is 21.1. The van der Waals surface area contributed by atoms with Gasteiger partial charge in [-0.3, -0.25) is 19.3 Å². The maximum atomic E-state index is 12.5. The van der Waals surface area contributed by atoms with E-state index in [9.17, 15) is 14.4 Å². The number of amides is 3. The Morgan fingerprint density at radius 2 is 1.97 bits per heavy atom. The van der Waals surface area contributed by atoms with Crippen molar-refractivity contribution in [1.82, 2.24) is 15.2 Å². The third-order valence-electron chi connectivity index (χ3n) is 4.72. The molecule has 1 aliphatic heterocycles. The fraction of sp³-hybridized carbons (Fsp3) is 0.136. The molecule has 0 aliphatic carbocycles. The van der Waals surface area contributed by atoms with Crippen LogP contribution >= 0.6 is 23.4 Å². The van der Waals surface area contributed by atoms with E-state index in [1.807, 2.05) is 54.7 Å². The molecule has 2 aromatic carbocycles. The topological polar surface area (TPSA) is 82.3 Å². The molecule has 4 rings (SSSR count). The van der Waals surface area contributed by atoms with Crippen molar-refractivity contribution in [3.05, 3.63) is 75.8 Å². The molecule has 0 spiro atoms. The molecule has 3 aromatic rings. The van der Waals surface area contributed by atoms with E-state index in [0.717, 1.165) is 38.7 Å². The molecule has 2 heterocycles. The lowest BCUT2D eigenvalue weighted by atomic mass is 10.1. The molecule has 2 N–H and O–H groups in total. The highest BCUT2D eigenvalue weighted by Crippen LogP contribution is 2.31. The zero-order valence-electron chi connectivity index (χ0n) is 15.9. The standard InChI is InChI=1S/C22H18ClN3O3S/c23-16-6-7-18-17(11-16)15(12-25-18)8-9-24-20(27)13-26-21(28)19(30-22(26)29)10-14-4-2-1-3-5-14/h1-7,10-12,25H,8-9,13H2,(H,24,27). The highest BCUT2D eigenvalue weighted by atomic mass is 35.5. The van der Waals surface area contributed by atoms with Gasteiger partial charge in [-0.25, -0.2) is 0 Å². The van der Waals surface area contributed by atoms with Crippen LogP contribution in [0.3, 0.4) is 0 Å². The van der Waals surface area contributed by atoms with Crippen LogP contribution in [0.4, 0.5) is 4.79 Å². The summed E-state index contributed by atoms with van der Waals surface area (Å²) >= 11 is 6.90. The summed E-state index contributed by atoms with van der Waals surface area (Å²) in [5.74, 6) is -0.827. The number of thioether (sulfide) groups is 1. The fourth-order valence-corrected chi connectivity index (χ4v) is 4.24. The molecule has 3 amide bonds. The number of halogens is 1. The van der Waals surface area contributed by atoms with E-state index < -0.39 is 11.1 Å². The van der Waals surface area contributed by atoms with Crippen LogP contribution in [0, 0.1) is 0 Å². The lowest BCUT2D eigenvalue weighted by Gasteiger charge is -2.12. The number of hydrogen-bond acceptors (Lipinski definition) is 4. The third kappa shape index (κ3) is 4.42. The van der Waals surface area contributed by atoms with Gasteiger partial charge < -0.3 is 10.3 Å². The second kappa shape index (κ2) is 8.77. The minimum absolute atomic E-state index is 0.295. The van der Waals surface area contributed by atoms with Gasteiger partial charge in [0.2, 0.25) is 5.91 Å². The second-order valence-corrected chi connectivity index (χ2v) is 8.21. The van der Waals surface area contributed by atoms with Gasteiger partial charge in [0.25, 0.3) is 11.1 Å². The fourth-order valence-electron chi connectivity index (χ4n) is 3.23. The lowest BCUT2D eigenvalue weighted by Crippen LogP contribution is -2.40. The molecular weight excluding hydrogens is 422 g/mol. The van der Waals surface area contributed by atoms with Gasteiger partial charge in [-0.1, -0.05) is 41.9 Å². The third-order valence-corrected chi connectivity index (χ3v) is 5.86. The molecule has 0 bridgehead atoms. The Balaban J connectivity index is 1.33. The molecule has 0 saturated carbocycles. The number of carbonyl (C=O) groups excluding carboxylic acids is 3. The van der Waals surface area contributed by atoms with Crippen molar-refractivity contribution in [1.29, 1.82) is 0 Å². The van der Waals surface area contributed by atoms with Crippen LogP contribution in [0.15, 0.2) is 59.6 Å². The Labute approximate surface area is 182 Å². The predicted molar refractivity (Wildman–Crippen MR) is 119 cm³/mol. The molecule has 0 unspecified atom stereocenters. The highest BCUT2D eigenvalue weighted by Gasteiger charge is 2.36. The molecule has 0 radical (unpaired) electrons. The molecule has 0 atom stereocenters. The van der Waals surface area contributed by atoms with Crippen molar-refractivity contribution in [2.75, 3.05) is 13.1 Å². The number of aromatic amines is 1. The van der Waals surface area contributed by atoms with Crippen molar-refractivity contribution in [3.63, 3.8) is 0 Å². The van der Waals surface area contributed by atoms with E-state index in [0.29, 0.717) is 22.9 Å². The monoisotopic (exact) mass is 439 g/mol. The van der Waals surface area contributed by atoms with Crippen molar-refractivity contribution in [2.24, 2.45) is 0 Å². The average molecular weight is 440 g/mol. The number of benzene rings is 2. The number of nitrogens with zero attached hydrogens (tertiary/aromatic N) is 1. The first kappa shape index (κ1) is 20.3. The molecule has 30 heavy (non-hydrogen) atoms. The lowest BCUT2D eigenvalue weighted by molar-refractivity contribution is -0.129. The molecule has 1 saturated heterocycles. The number of nitrogens with one attached hydrogen (secondary N) is 2. The number of fused-ring (bicyclic) bond motifs is 1. The van der Waals surface area contributed by atoms with E-state index in [-0.39, 0.29) is 12.5 Å². The van der Waals surface area contributed by atoms with Crippen LogP contribution in [0.25, 0.3) is 17.0 Å². The first-order valence-corrected chi connectivity index (χ1v) is 10.5. The van der Waals surface area contributed by atoms with Gasteiger partial charge in [0.15, 0.2) is 0 Å². The van der Waals surface area contributed by atoms with Crippen molar-refractivity contribution in [2.45, 2.75) is 6.42 Å². The number of aromatic nitrogens is 1. The molecule has 1 aliphatic rings. The van der Waals surface area contributed by atoms with Crippen molar-refractivity contribution >= 4 is 57.4 Å². The number of imide groups is 1. The van der Waals surface area contributed by atoms with E-state index in [4.69, 9.17) is 11.6 Å². The van der Waals surface area contributed by atoms with E-state index in [1.165, 1.54) is 0 Å². The average Bonchev–Trinajstić information content (AvgIpc) is 3.24. The molecule has 8 heteroatoms. The van der Waals surface area contributed by atoms with Crippen LogP contribution in [-0.2, 0) is 16.0 Å². The summed E-state index contributed by atoms with van der Waals surface area (Å²) < 4.78 is 0. The van der Waals surface area contributed by atoms with Crippen molar-refractivity contribution in [3.8, 4) is 0 Å². The summed E-state index contributed by atoms with van der Waals surface area (Å²) in [5.41, 5.74) is 2.83. The van der Waals surface area contributed by atoms with Gasteiger partial charge in [-0.2, -0.15) is 0 Å². The Kier molecular flexibility index (Phi) is 5.92. The largest absolute Gasteiger partial charge is 0.361 e. The van der Waals surface area contributed by atoms with Crippen LogP contribution in [0.5, 0.6) is 0 Å². The van der Waals surface area contributed by atoms with Crippen LogP contribution in [-0.4, -0.2) is 40.0 Å². The number of carbonyl (C=O) groups is 3. The zero-order valence-corrected chi connectivity index (χ0v) is 17.4. The summed E-state index contributed by atoms with van der Waals surface area (Å²) in [6.45, 7) is 0.0882. The second-order valence-electron chi connectivity index (χ2n) is 6.78. The minimum Gasteiger partial charge on any atom is -0.361 e. The van der Waals surface area contributed by atoms with Gasteiger partial charge in [-0.15, -0.1) is 0 Å². The Morgan fingerprint density at radius 3 is 2.77 bits per heavy atom. The van der Waals surface area contributed by atoms with Gasteiger partial charge in [0.1, 0.15) is 6.54 Å². The predicted octanol–water partition coefficient (Wildman–Crippen LogP) is 4.22. The SMILES string of the molecule is O=C(CN1C(=O)SC(=Cc2ccccc2)C1=O)NCCc1c[nH]c2ccc(Cl)cc12. The summed E-state index contributed by atoms with van der Waals surface area (Å²) in [4.78, 5) is 41.4. The minimum atomic E-state index is -0.449. The summed E-state index contributed by atoms with van der Waals surface area (Å²) in [6, 6.07) is 14.9. The first-order valence-electron chi connectivity index (χ1n) is 9.34. The molecule has 152 valence electrons. The molecule has 1 fully saturated rings. The van der Waals surface area contributed by atoms with Crippen molar-refractivity contribution < 1.29 is 14.4 Å².